The van der Waals surface area contributed by atoms with Gasteiger partial charge in [-0.3, -0.25) is 9.48 Å². The highest BCUT2D eigenvalue weighted by atomic mass is 16.5. The topological polar surface area (TPSA) is 67.6 Å². The van der Waals surface area contributed by atoms with E-state index in [-0.39, 0.29) is 29.6 Å². The van der Waals surface area contributed by atoms with Gasteiger partial charge in [0.15, 0.2) is 0 Å². The van der Waals surface area contributed by atoms with Gasteiger partial charge in [0.05, 0.1) is 18.2 Å². The second-order valence-electron chi connectivity index (χ2n) is 7.35. The minimum absolute atomic E-state index is 0.0565. The molecule has 0 bridgehead atoms. The van der Waals surface area contributed by atoms with Gasteiger partial charge < -0.3 is 14.7 Å². The highest BCUT2D eigenvalue weighted by Crippen LogP contribution is 2.51. The maximum Gasteiger partial charge on any atom is 0.272 e. The Balaban J connectivity index is 1.68. The minimum Gasteiger partial charge on any atom is -0.392 e. The maximum absolute atomic E-state index is 13.0. The Morgan fingerprint density at radius 2 is 2.04 bits per heavy atom. The number of hydrogen-bond donors (Lipinski definition) is 1. The summed E-state index contributed by atoms with van der Waals surface area (Å²) in [5.41, 5.74) is 0.530. The number of hydrogen-bond acceptors (Lipinski definition) is 4. The van der Waals surface area contributed by atoms with Crippen molar-refractivity contribution in [3.05, 3.63) is 18.0 Å². The monoisotopic (exact) mass is 349 g/mol. The van der Waals surface area contributed by atoms with E-state index in [1.54, 1.807) is 6.20 Å². The number of rotatable bonds is 6. The Labute approximate surface area is 150 Å². The minimum atomic E-state index is -0.295. The lowest BCUT2D eigenvalue weighted by Crippen LogP contribution is -2.62. The van der Waals surface area contributed by atoms with E-state index in [0.717, 1.165) is 32.1 Å². The van der Waals surface area contributed by atoms with Gasteiger partial charge in [-0.25, -0.2) is 0 Å². The van der Waals surface area contributed by atoms with Crippen LogP contribution in [0.4, 0.5) is 0 Å². The molecular weight excluding hydrogens is 318 g/mol. The van der Waals surface area contributed by atoms with E-state index in [1.165, 1.54) is 0 Å². The van der Waals surface area contributed by atoms with E-state index in [9.17, 15) is 9.90 Å². The summed E-state index contributed by atoms with van der Waals surface area (Å²) in [5, 5.41) is 14.7. The van der Waals surface area contributed by atoms with Gasteiger partial charge in [0, 0.05) is 37.7 Å². The van der Waals surface area contributed by atoms with Crippen LogP contribution in [0.3, 0.4) is 0 Å². The average molecular weight is 349 g/mol. The highest BCUT2D eigenvalue weighted by molar-refractivity contribution is 5.92. The molecule has 6 heteroatoms. The van der Waals surface area contributed by atoms with Crippen molar-refractivity contribution in [1.29, 1.82) is 0 Å². The summed E-state index contributed by atoms with van der Waals surface area (Å²) >= 11 is 0. The van der Waals surface area contributed by atoms with Gasteiger partial charge in [-0.15, -0.1) is 0 Å². The van der Waals surface area contributed by atoms with E-state index in [1.807, 2.05) is 22.6 Å². The zero-order valence-electron chi connectivity index (χ0n) is 15.6. The van der Waals surface area contributed by atoms with Crippen molar-refractivity contribution in [2.45, 2.75) is 71.1 Å². The summed E-state index contributed by atoms with van der Waals surface area (Å²) in [6, 6.07) is 2.09. The van der Waals surface area contributed by atoms with Gasteiger partial charge in [0.25, 0.3) is 5.91 Å². The molecule has 1 aliphatic carbocycles. The fraction of sp³-hybridized carbons (Fsp3) is 0.789. The predicted octanol–water partition coefficient (Wildman–Crippen LogP) is 2.64. The molecule has 25 heavy (non-hydrogen) atoms. The van der Waals surface area contributed by atoms with Crippen LogP contribution in [-0.4, -0.2) is 57.6 Å². The first-order valence-electron chi connectivity index (χ1n) is 9.69. The van der Waals surface area contributed by atoms with Crippen molar-refractivity contribution in [1.82, 2.24) is 14.7 Å². The predicted molar refractivity (Wildman–Crippen MR) is 95.5 cm³/mol. The van der Waals surface area contributed by atoms with Crippen molar-refractivity contribution in [3.8, 4) is 0 Å². The number of amides is 1. The summed E-state index contributed by atoms with van der Waals surface area (Å²) in [6.45, 7) is 8.27. The smallest absolute Gasteiger partial charge is 0.272 e. The number of aliphatic hydroxyl groups excluding tert-OH is 1. The number of ether oxygens (including phenoxy) is 1. The van der Waals surface area contributed by atoms with Crippen molar-refractivity contribution >= 4 is 5.91 Å². The number of piperidine rings is 1. The van der Waals surface area contributed by atoms with Gasteiger partial charge >= 0.3 is 0 Å². The fourth-order valence-electron chi connectivity index (χ4n) is 4.51. The van der Waals surface area contributed by atoms with Crippen molar-refractivity contribution in [3.63, 3.8) is 0 Å². The van der Waals surface area contributed by atoms with Gasteiger partial charge in [0.2, 0.25) is 0 Å². The van der Waals surface area contributed by atoms with Gasteiger partial charge in [-0.2, -0.15) is 5.10 Å². The molecule has 1 aromatic rings. The normalized spacial score (nSPS) is 25.4. The molecule has 1 aromatic heterocycles. The van der Waals surface area contributed by atoms with Crippen molar-refractivity contribution in [2.24, 2.45) is 5.41 Å². The van der Waals surface area contributed by atoms with E-state index in [4.69, 9.17) is 4.74 Å². The SMILES string of the molecule is CCOC1CC(O)C12CCN(C(=O)c1ccnn1C(CC)CC)CC2. The molecule has 0 radical (unpaired) electrons. The van der Waals surface area contributed by atoms with E-state index < -0.39 is 0 Å². The second-order valence-corrected chi connectivity index (χ2v) is 7.35. The molecule has 2 heterocycles. The third kappa shape index (κ3) is 3.10. The van der Waals surface area contributed by atoms with E-state index in [0.29, 0.717) is 25.4 Å². The number of likely N-dealkylation sites (tertiary alicyclic amines) is 1. The van der Waals surface area contributed by atoms with Crippen LogP contribution >= 0.6 is 0 Å². The summed E-state index contributed by atoms with van der Waals surface area (Å²) in [7, 11) is 0. The molecule has 140 valence electrons. The van der Waals surface area contributed by atoms with Crippen LogP contribution in [0.15, 0.2) is 12.3 Å². The summed E-state index contributed by atoms with van der Waals surface area (Å²) in [6.07, 6.45) is 5.83. The van der Waals surface area contributed by atoms with Crippen LogP contribution in [0.2, 0.25) is 0 Å². The molecule has 1 N–H and O–H groups in total. The van der Waals surface area contributed by atoms with E-state index in [2.05, 4.69) is 18.9 Å². The van der Waals surface area contributed by atoms with Crippen molar-refractivity contribution in [2.75, 3.05) is 19.7 Å². The van der Waals surface area contributed by atoms with Gasteiger partial charge in [0.1, 0.15) is 5.69 Å². The molecule has 1 saturated carbocycles. The van der Waals surface area contributed by atoms with Crippen LogP contribution in [0, 0.1) is 5.41 Å². The van der Waals surface area contributed by atoms with Crippen molar-refractivity contribution < 1.29 is 14.6 Å². The summed E-state index contributed by atoms with van der Waals surface area (Å²) in [4.78, 5) is 14.9. The first-order valence-corrected chi connectivity index (χ1v) is 9.69. The van der Waals surface area contributed by atoms with Crippen LogP contribution in [0.25, 0.3) is 0 Å². The summed E-state index contributed by atoms with van der Waals surface area (Å²) in [5.74, 6) is 0.0565. The van der Waals surface area contributed by atoms with Crippen LogP contribution in [-0.2, 0) is 4.74 Å². The molecule has 1 saturated heterocycles. The largest absolute Gasteiger partial charge is 0.392 e. The average Bonchev–Trinajstić information content (AvgIpc) is 3.12. The lowest BCUT2D eigenvalue weighted by atomic mass is 9.58. The van der Waals surface area contributed by atoms with Gasteiger partial charge in [-0.05, 0) is 38.7 Å². The molecule has 3 rings (SSSR count). The number of aliphatic hydroxyl groups is 1. The summed E-state index contributed by atoms with van der Waals surface area (Å²) < 4.78 is 7.69. The number of nitrogens with zero attached hydrogens (tertiary/aromatic N) is 3. The third-order valence-corrected chi connectivity index (χ3v) is 6.27. The Bertz CT molecular complexity index is 586. The molecule has 2 fully saturated rings. The quantitative estimate of drug-likeness (QED) is 0.857. The number of carbonyl (C=O) groups excluding carboxylic acids is 1. The Morgan fingerprint density at radius 3 is 2.60 bits per heavy atom. The maximum atomic E-state index is 13.0. The fourth-order valence-corrected chi connectivity index (χ4v) is 4.51. The lowest BCUT2D eigenvalue weighted by molar-refractivity contribution is -0.207. The Morgan fingerprint density at radius 1 is 1.36 bits per heavy atom. The first kappa shape index (κ1) is 18.4. The molecule has 6 nitrogen and oxygen atoms in total. The molecule has 2 unspecified atom stereocenters. The molecule has 1 aliphatic heterocycles. The van der Waals surface area contributed by atoms with E-state index >= 15 is 0 Å². The zero-order valence-corrected chi connectivity index (χ0v) is 15.6. The number of carbonyl (C=O) groups is 1. The van der Waals surface area contributed by atoms with Crippen LogP contribution < -0.4 is 0 Å². The van der Waals surface area contributed by atoms with Gasteiger partial charge in [-0.1, -0.05) is 13.8 Å². The molecule has 0 aromatic carbocycles. The second kappa shape index (κ2) is 7.46. The first-order chi connectivity index (χ1) is 12.1. The van der Waals surface area contributed by atoms with Crippen LogP contribution in [0.5, 0.6) is 0 Å². The standard InChI is InChI=1S/C19H31N3O3/c1-4-14(5-2)22-15(7-10-20-22)18(24)21-11-8-19(9-12-21)16(23)13-17(19)25-6-3/h7,10,14,16-17,23H,4-6,8-9,11-13H2,1-3H3. The number of aromatic nitrogens is 2. The molecule has 1 amide bonds. The zero-order chi connectivity index (χ0) is 18.0. The third-order valence-electron chi connectivity index (χ3n) is 6.27. The van der Waals surface area contributed by atoms with Crippen LogP contribution in [0.1, 0.15) is 69.4 Å². The lowest BCUT2D eigenvalue weighted by Gasteiger charge is -2.56. The highest BCUT2D eigenvalue weighted by Gasteiger charge is 2.56. The molecule has 2 atom stereocenters. The molecular formula is C19H31N3O3. The Kier molecular flexibility index (Phi) is 5.49. The molecule has 2 aliphatic rings. The Hall–Kier alpha value is -1.40. The molecule has 1 spiro atoms.